The maximum atomic E-state index is 14.1. The first-order chi connectivity index (χ1) is 12.7. The zero-order chi connectivity index (χ0) is 19.8. The first-order valence-corrected chi connectivity index (χ1v) is 9.62. The van der Waals surface area contributed by atoms with Gasteiger partial charge in [0, 0.05) is 18.7 Å². The van der Waals surface area contributed by atoms with Crippen LogP contribution < -0.4 is 9.62 Å². The molecule has 0 atom stereocenters. The lowest BCUT2D eigenvalue weighted by molar-refractivity contribution is -0.384. The van der Waals surface area contributed by atoms with Crippen molar-refractivity contribution in [2.45, 2.75) is 17.7 Å². The number of carbonyl (C=O) groups is 1. The van der Waals surface area contributed by atoms with Gasteiger partial charge in [-0.2, -0.15) is 0 Å². The molecule has 0 bridgehead atoms. The number of hydrogen-bond donors (Lipinski definition) is 1. The third-order valence-corrected chi connectivity index (χ3v) is 5.67. The Hall–Kier alpha value is -2.72. The number of halogens is 2. The number of nitro groups is 1. The highest BCUT2D eigenvalue weighted by Crippen LogP contribution is 2.31. The fourth-order valence-corrected chi connectivity index (χ4v) is 4.17. The van der Waals surface area contributed by atoms with E-state index in [2.05, 4.69) is 4.72 Å². The molecule has 2 aromatic rings. The van der Waals surface area contributed by atoms with E-state index in [-0.39, 0.29) is 11.6 Å². The number of nitrogens with zero attached hydrogens (tertiary/aromatic N) is 2. The molecule has 1 amide bonds. The maximum Gasteiger partial charge on any atom is 0.290 e. The Bertz CT molecular complexity index is 1040. The molecule has 0 aliphatic carbocycles. The van der Waals surface area contributed by atoms with E-state index in [0.717, 1.165) is 0 Å². The van der Waals surface area contributed by atoms with Crippen LogP contribution in [-0.2, 0) is 14.8 Å². The third kappa shape index (κ3) is 3.86. The highest BCUT2D eigenvalue weighted by atomic mass is 35.5. The van der Waals surface area contributed by atoms with Crippen LogP contribution in [0.1, 0.15) is 12.8 Å². The van der Waals surface area contributed by atoms with Crippen LogP contribution in [0.15, 0.2) is 41.3 Å². The van der Waals surface area contributed by atoms with Crippen LogP contribution >= 0.6 is 11.6 Å². The minimum atomic E-state index is -4.40. The van der Waals surface area contributed by atoms with Gasteiger partial charge in [0.05, 0.1) is 16.7 Å². The lowest BCUT2D eigenvalue weighted by Crippen LogP contribution is -2.23. The Kier molecular flexibility index (Phi) is 5.03. The Balaban J connectivity index is 1.92. The predicted molar refractivity (Wildman–Crippen MR) is 96.9 cm³/mol. The van der Waals surface area contributed by atoms with Gasteiger partial charge in [-0.3, -0.25) is 19.6 Å². The Morgan fingerprint density at radius 1 is 1.26 bits per heavy atom. The number of sulfonamides is 1. The molecule has 8 nitrogen and oxygen atoms in total. The second kappa shape index (κ2) is 7.12. The largest absolute Gasteiger partial charge is 0.312 e. The van der Waals surface area contributed by atoms with Gasteiger partial charge >= 0.3 is 0 Å². The van der Waals surface area contributed by atoms with Gasteiger partial charge in [-0.15, -0.1) is 0 Å². The molecule has 0 unspecified atom stereocenters. The molecule has 1 heterocycles. The van der Waals surface area contributed by atoms with E-state index in [1.165, 1.54) is 17.0 Å². The lowest BCUT2D eigenvalue weighted by Gasteiger charge is -2.17. The summed E-state index contributed by atoms with van der Waals surface area (Å²) in [5, 5.41) is 10.3. The molecule has 1 aliphatic heterocycles. The quantitative estimate of drug-likeness (QED) is 0.597. The van der Waals surface area contributed by atoms with Crippen molar-refractivity contribution in [3.8, 4) is 0 Å². The summed E-state index contributed by atoms with van der Waals surface area (Å²) in [5.41, 5.74) is -0.108. The molecule has 142 valence electrons. The van der Waals surface area contributed by atoms with Gasteiger partial charge in [-0.1, -0.05) is 17.7 Å². The minimum Gasteiger partial charge on any atom is -0.312 e. The summed E-state index contributed by atoms with van der Waals surface area (Å²) >= 11 is 5.69. The smallest absolute Gasteiger partial charge is 0.290 e. The number of anilines is 2. The Labute approximate surface area is 158 Å². The molecule has 3 rings (SSSR count). The predicted octanol–water partition coefficient (Wildman–Crippen LogP) is 3.31. The number of nitrogens with one attached hydrogen (secondary N) is 1. The number of carbonyl (C=O) groups excluding carboxylic acids is 1. The molecule has 0 spiro atoms. The minimum absolute atomic E-state index is 0.0665. The standard InChI is InChI=1S/C16H13ClFN3O5S/c17-12-8-15(13(18)9-14(12)21(23)24)27(25,26)19-10-3-1-4-11(7-10)20-6-2-5-16(20)22/h1,3-4,7-9,19H,2,5-6H2. The second-order valence-electron chi connectivity index (χ2n) is 5.80. The normalized spacial score (nSPS) is 14.4. The summed E-state index contributed by atoms with van der Waals surface area (Å²) in [7, 11) is -4.40. The number of benzene rings is 2. The van der Waals surface area contributed by atoms with Gasteiger partial charge in [0.2, 0.25) is 5.91 Å². The monoisotopic (exact) mass is 413 g/mol. The van der Waals surface area contributed by atoms with Crippen LogP contribution in [0, 0.1) is 15.9 Å². The SMILES string of the molecule is O=C1CCCN1c1cccc(NS(=O)(=O)c2cc(Cl)c([N+](=O)[O-])cc2F)c1. The summed E-state index contributed by atoms with van der Waals surface area (Å²) in [6.45, 7) is 0.529. The zero-order valence-corrected chi connectivity index (χ0v) is 15.3. The van der Waals surface area contributed by atoms with Crippen LogP contribution in [0.25, 0.3) is 0 Å². The van der Waals surface area contributed by atoms with E-state index in [1.807, 2.05) is 0 Å². The van der Waals surface area contributed by atoms with E-state index in [9.17, 15) is 27.7 Å². The van der Waals surface area contributed by atoms with Crippen molar-refractivity contribution >= 4 is 44.6 Å². The number of nitro benzene ring substituents is 1. The maximum absolute atomic E-state index is 14.1. The highest BCUT2D eigenvalue weighted by molar-refractivity contribution is 7.92. The van der Waals surface area contributed by atoms with Crippen molar-refractivity contribution in [2.24, 2.45) is 0 Å². The van der Waals surface area contributed by atoms with E-state index in [4.69, 9.17) is 11.6 Å². The number of rotatable bonds is 5. The topological polar surface area (TPSA) is 110 Å². The average Bonchev–Trinajstić information content (AvgIpc) is 3.02. The van der Waals surface area contributed by atoms with Crippen molar-refractivity contribution < 1.29 is 22.5 Å². The second-order valence-corrected chi connectivity index (χ2v) is 7.85. The molecule has 1 saturated heterocycles. The van der Waals surface area contributed by atoms with Crippen molar-refractivity contribution in [2.75, 3.05) is 16.2 Å². The first-order valence-electron chi connectivity index (χ1n) is 7.76. The molecule has 1 fully saturated rings. The van der Waals surface area contributed by atoms with Crippen LogP contribution in [-0.4, -0.2) is 25.8 Å². The Morgan fingerprint density at radius 3 is 2.63 bits per heavy atom. The van der Waals surface area contributed by atoms with Crippen molar-refractivity contribution in [1.82, 2.24) is 0 Å². The third-order valence-electron chi connectivity index (χ3n) is 3.97. The van der Waals surface area contributed by atoms with Gasteiger partial charge < -0.3 is 4.90 Å². The fourth-order valence-electron chi connectivity index (χ4n) is 2.73. The van der Waals surface area contributed by atoms with E-state index in [0.29, 0.717) is 37.2 Å². The first kappa shape index (κ1) is 19.1. The molecular formula is C16H13ClFN3O5S. The fraction of sp³-hybridized carbons (Fsp3) is 0.188. The van der Waals surface area contributed by atoms with E-state index in [1.54, 1.807) is 12.1 Å². The van der Waals surface area contributed by atoms with Gasteiger partial charge in [0.15, 0.2) is 5.82 Å². The highest BCUT2D eigenvalue weighted by Gasteiger charge is 2.26. The molecular weight excluding hydrogens is 401 g/mol. The molecule has 0 radical (unpaired) electrons. The molecule has 2 aromatic carbocycles. The van der Waals surface area contributed by atoms with E-state index < -0.39 is 36.4 Å². The molecule has 1 N–H and O–H groups in total. The summed E-state index contributed by atoms with van der Waals surface area (Å²) < 4.78 is 41.3. The van der Waals surface area contributed by atoms with Crippen LogP contribution in [0.4, 0.5) is 21.5 Å². The summed E-state index contributed by atoms with van der Waals surface area (Å²) in [6.07, 6.45) is 1.13. The average molecular weight is 414 g/mol. The van der Waals surface area contributed by atoms with Crippen molar-refractivity contribution in [1.29, 1.82) is 0 Å². The van der Waals surface area contributed by atoms with Crippen LogP contribution in [0.2, 0.25) is 5.02 Å². The van der Waals surface area contributed by atoms with Crippen molar-refractivity contribution in [3.05, 3.63) is 57.4 Å². The zero-order valence-electron chi connectivity index (χ0n) is 13.7. The van der Waals surface area contributed by atoms with Gasteiger partial charge in [0.25, 0.3) is 15.7 Å². The molecule has 0 saturated carbocycles. The molecule has 27 heavy (non-hydrogen) atoms. The number of amides is 1. The number of hydrogen-bond acceptors (Lipinski definition) is 5. The summed E-state index contributed by atoms with van der Waals surface area (Å²) in [4.78, 5) is 22.4. The summed E-state index contributed by atoms with van der Waals surface area (Å²) in [5.74, 6) is -1.37. The van der Waals surface area contributed by atoms with Crippen LogP contribution in [0.3, 0.4) is 0 Å². The summed E-state index contributed by atoms with van der Waals surface area (Å²) in [6, 6.07) is 7.24. The van der Waals surface area contributed by atoms with Gasteiger partial charge in [-0.05, 0) is 30.7 Å². The van der Waals surface area contributed by atoms with Gasteiger partial charge in [-0.25, -0.2) is 12.8 Å². The molecule has 11 heteroatoms. The van der Waals surface area contributed by atoms with Crippen LogP contribution in [0.5, 0.6) is 0 Å². The van der Waals surface area contributed by atoms with Crippen molar-refractivity contribution in [3.63, 3.8) is 0 Å². The molecule has 1 aliphatic rings. The van der Waals surface area contributed by atoms with E-state index >= 15 is 0 Å². The molecule has 0 aromatic heterocycles. The lowest BCUT2D eigenvalue weighted by atomic mass is 10.2. The Morgan fingerprint density at radius 2 is 2.00 bits per heavy atom. The van der Waals surface area contributed by atoms with Gasteiger partial charge in [0.1, 0.15) is 9.92 Å².